The molecule has 0 aliphatic heterocycles. The zero-order chi connectivity index (χ0) is 4.99. The number of rotatable bonds is 2. The Hall–Kier alpha value is 0.505. The van der Waals surface area contributed by atoms with Crippen LogP contribution >= 0.6 is 15.9 Å². The van der Waals surface area contributed by atoms with Crippen LogP contribution in [0.4, 0.5) is 0 Å². The van der Waals surface area contributed by atoms with Gasteiger partial charge in [0.15, 0.2) is 0 Å². The van der Waals surface area contributed by atoms with Gasteiger partial charge in [-0.1, -0.05) is 15.9 Å². The van der Waals surface area contributed by atoms with Gasteiger partial charge in [-0.15, -0.1) is 0 Å². The zero-order valence-corrected chi connectivity index (χ0v) is 5.40. The average molecular weight is 151 g/mol. The summed E-state index contributed by atoms with van der Waals surface area (Å²) in [6.45, 7) is 0.283. The molecule has 0 heterocycles. The highest BCUT2D eigenvalue weighted by atomic mass is 79.9. The molecule has 0 aromatic carbocycles. The van der Waals surface area contributed by atoms with Crippen LogP contribution < -0.4 is 0 Å². The normalized spacial score (nSPS) is 14.3. The topological polar surface area (TPSA) is 20.2 Å². The van der Waals surface area contributed by atoms with Crippen molar-refractivity contribution in [1.82, 2.24) is 0 Å². The summed E-state index contributed by atoms with van der Waals surface area (Å²) in [6, 6.07) is 0. The van der Waals surface area contributed by atoms with Crippen molar-refractivity contribution in [2.45, 2.75) is 5.82 Å². The minimum Gasteiger partial charge on any atom is -0.397 e. The molecule has 0 aliphatic carbocycles. The number of aliphatic hydroxyl groups is 1. The van der Waals surface area contributed by atoms with Gasteiger partial charge in [0, 0.05) is 11.9 Å². The number of hydrogen-bond acceptors (Lipinski definition) is 1. The van der Waals surface area contributed by atoms with Gasteiger partial charge in [0.1, 0.15) is 7.85 Å². The molecule has 1 nitrogen and oxygen atoms in total. The van der Waals surface area contributed by atoms with E-state index in [0.29, 0.717) is 5.82 Å². The Morgan fingerprint density at radius 3 is 2.33 bits per heavy atom. The molecule has 3 heteroatoms. The minimum atomic E-state index is 0.283. The Kier molecular flexibility index (Phi) is 4.00. The lowest BCUT2D eigenvalue weighted by molar-refractivity contribution is 0.297. The van der Waals surface area contributed by atoms with Crippen LogP contribution in [0.15, 0.2) is 0 Å². The number of hydrogen-bond donors (Lipinski definition) is 1. The summed E-state index contributed by atoms with van der Waals surface area (Å²) in [6.07, 6.45) is 0. The number of aliphatic hydroxyl groups excluding tert-OH is 1. The van der Waals surface area contributed by atoms with Gasteiger partial charge in [-0.3, -0.25) is 0 Å². The van der Waals surface area contributed by atoms with E-state index in [2.05, 4.69) is 15.9 Å². The highest BCUT2D eigenvalue weighted by Crippen LogP contribution is 1.98. The second kappa shape index (κ2) is 3.69. The van der Waals surface area contributed by atoms with Crippen LogP contribution in [0.2, 0.25) is 5.82 Å². The van der Waals surface area contributed by atoms with Crippen LogP contribution in [0.5, 0.6) is 0 Å². The third-order valence-corrected chi connectivity index (χ3v) is 1.68. The summed E-state index contributed by atoms with van der Waals surface area (Å²) < 4.78 is 0. The van der Waals surface area contributed by atoms with Gasteiger partial charge in [-0.2, -0.15) is 0 Å². The van der Waals surface area contributed by atoms with Gasteiger partial charge in [-0.25, -0.2) is 0 Å². The van der Waals surface area contributed by atoms with Crippen LogP contribution in [0.25, 0.3) is 0 Å². The second-order valence-electron chi connectivity index (χ2n) is 1.44. The van der Waals surface area contributed by atoms with E-state index in [4.69, 9.17) is 5.11 Å². The first-order valence-corrected chi connectivity index (χ1v) is 3.10. The predicted octanol–water partition coefficient (Wildman–Crippen LogP) is -0.205. The molecule has 0 aromatic heterocycles. The van der Waals surface area contributed by atoms with Crippen molar-refractivity contribution in [3.05, 3.63) is 0 Å². The standard InChI is InChI=1S/C3H8BBrO/c4-3(1-5)2-6/h3,6H,1-2,4H2. The van der Waals surface area contributed by atoms with Crippen LogP contribution in [-0.2, 0) is 0 Å². The van der Waals surface area contributed by atoms with E-state index in [-0.39, 0.29) is 6.61 Å². The molecule has 0 aromatic rings. The fraction of sp³-hybridized carbons (Fsp3) is 1.00. The second-order valence-corrected chi connectivity index (χ2v) is 2.09. The average Bonchev–Trinajstić information content (AvgIpc) is 1.65. The molecule has 0 spiro atoms. The van der Waals surface area contributed by atoms with Gasteiger partial charge in [0.05, 0.1) is 0 Å². The van der Waals surface area contributed by atoms with E-state index < -0.39 is 0 Å². The largest absolute Gasteiger partial charge is 0.397 e. The molecular weight excluding hydrogens is 143 g/mol. The van der Waals surface area contributed by atoms with E-state index in [1.54, 1.807) is 0 Å². The minimum absolute atomic E-state index is 0.283. The number of alkyl halides is 1. The third kappa shape index (κ3) is 2.73. The van der Waals surface area contributed by atoms with E-state index in [0.717, 1.165) is 5.33 Å². The Morgan fingerprint density at radius 2 is 2.33 bits per heavy atom. The van der Waals surface area contributed by atoms with Crippen molar-refractivity contribution >= 4 is 23.8 Å². The summed E-state index contributed by atoms with van der Waals surface area (Å²) in [5, 5.41) is 9.20. The molecule has 1 N–H and O–H groups in total. The molecule has 0 rings (SSSR count). The lowest BCUT2D eigenvalue weighted by Crippen LogP contribution is -1.97. The van der Waals surface area contributed by atoms with E-state index in [1.165, 1.54) is 0 Å². The van der Waals surface area contributed by atoms with Gasteiger partial charge in [-0.05, 0) is 5.82 Å². The molecular formula is C3H8BBrO. The maximum absolute atomic E-state index is 8.30. The zero-order valence-electron chi connectivity index (χ0n) is 3.82. The lowest BCUT2D eigenvalue weighted by Gasteiger charge is -1.96. The molecule has 6 heavy (non-hydrogen) atoms. The van der Waals surface area contributed by atoms with Gasteiger partial charge < -0.3 is 5.11 Å². The van der Waals surface area contributed by atoms with Gasteiger partial charge in [0.25, 0.3) is 0 Å². The summed E-state index contributed by atoms with van der Waals surface area (Å²) >= 11 is 3.21. The summed E-state index contributed by atoms with van der Waals surface area (Å²) in [5.74, 6) is 0.407. The summed E-state index contributed by atoms with van der Waals surface area (Å²) in [5.41, 5.74) is 0. The fourth-order valence-corrected chi connectivity index (χ4v) is 0.254. The highest BCUT2D eigenvalue weighted by Gasteiger charge is 1.92. The van der Waals surface area contributed by atoms with Crippen LogP contribution in [0, 0.1) is 0 Å². The Morgan fingerprint density at radius 1 is 1.83 bits per heavy atom. The van der Waals surface area contributed by atoms with E-state index >= 15 is 0 Å². The van der Waals surface area contributed by atoms with Crippen LogP contribution in [-0.4, -0.2) is 24.9 Å². The first-order chi connectivity index (χ1) is 2.81. The molecule has 0 radical (unpaired) electrons. The van der Waals surface area contributed by atoms with Gasteiger partial charge >= 0.3 is 0 Å². The maximum atomic E-state index is 8.30. The van der Waals surface area contributed by atoms with Crippen molar-refractivity contribution in [1.29, 1.82) is 0 Å². The molecule has 0 saturated heterocycles. The lowest BCUT2D eigenvalue weighted by atomic mass is 9.91. The molecule has 0 fully saturated rings. The maximum Gasteiger partial charge on any atom is 0.109 e. The summed E-state index contributed by atoms with van der Waals surface area (Å²) in [4.78, 5) is 0. The molecule has 0 aliphatic rings. The highest BCUT2D eigenvalue weighted by molar-refractivity contribution is 9.09. The van der Waals surface area contributed by atoms with Crippen molar-refractivity contribution < 1.29 is 5.11 Å². The number of halogens is 1. The van der Waals surface area contributed by atoms with Crippen LogP contribution in [0.3, 0.4) is 0 Å². The first kappa shape index (κ1) is 6.50. The van der Waals surface area contributed by atoms with Crippen LogP contribution in [0.1, 0.15) is 0 Å². The van der Waals surface area contributed by atoms with E-state index in [1.807, 2.05) is 7.85 Å². The van der Waals surface area contributed by atoms with Crippen molar-refractivity contribution in [3.63, 3.8) is 0 Å². The van der Waals surface area contributed by atoms with Crippen molar-refractivity contribution in [3.8, 4) is 0 Å². The molecule has 0 bridgehead atoms. The molecule has 36 valence electrons. The monoisotopic (exact) mass is 150 g/mol. The predicted molar refractivity (Wildman–Crippen MR) is 33.2 cm³/mol. The first-order valence-electron chi connectivity index (χ1n) is 1.98. The van der Waals surface area contributed by atoms with E-state index in [9.17, 15) is 0 Å². The Labute approximate surface area is 47.3 Å². The smallest absolute Gasteiger partial charge is 0.109 e. The third-order valence-electron chi connectivity index (χ3n) is 0.575. The quantitative estimate of drug-likeness (QED) is 0.427. The van der Waals surface area contributed by atoms with Crippen molar-refractivity contribution in [2.75, 3.05) is 11.9 Å². The Bertz CT molecular complexity index is 30.0. The molecule has 1 atom stereocenters. The van der Waals surface area contributed by atoms with Crippen molar-refractivity contribution in [2.24, 2.45) is 0 Å². The molecule has 0 amide bonds. The van der Waals surface area contributed by atoms with Gasteiger partial charge in [0.2, 0.25) is 0 Å². The SMILES string of the molecule is BC(CO)CBr. The summed E-state index contributed by atoms with van der Waals surface area (Å²) in [7, 11) is 1.98. The fourth-order valence-electron chi connectivity index (χ4n) is 0.0488. The molecule has 0 saturated carbocycles. The Balaban J connectivity index is 2.75. The molecule has 1 unspecified atom stereocenters.